The molecule has 1 aliphatic rings. The van der Waals surface area contributed by atoms with Crippen LogP contribution in [0.2, 0.25) is 0 Å². The summed E-state index contributed by atoms with van der Waals surface area (Å²) in [4.78, 5) is 3.91. The van der Waals surface area contributed by atoms with Crippen molar-refractivity contribution >= 4 is 0 Å². The van der Waals surface area contributed by atoms with E-state index < -0.39 is 0 Å². The molecule has 4 heteroatoms. The molecule has 14 heavy (non-hydrogen) atoms. The summed E-state index contributed by atoms with van der Waals surface area (Å²) in [5.41, 5.74) is 0. The summed E-state index contributed by atoms with van der Waals surface area (Å²) in [6, 6.07) is 0.721. The Morgan fingerprint density at radius 2 is 2.43 bits per heavy atom. The van der Waals surface area contributed by atoms with Crippen LogP contribution in [0.1, 0.15) is 26.2 Å². The minimum Gasteiger partial charge on any atom is -0.312 e. The number of nitrogens with zero attached hydrogens (tertiary/aromatic N) is 3. The van der Waals surface area contributed by atoms with Crippen LogP contribution >= 0.6 is 0 Å². The zero-order chi connectivity index (χ0) is 9.80. The second kappa shape index (κ2) is 4.55. The van der Waals surface area contributed by atoms with Crippen molar-refractivity contribution in [1.29, 1.82) is 0 Å². The van der Waals surface area contributed by atoms with Crippen molar-refractivity contribution < 1.29 is 0 Å². The van der Waals surface area contributed by atoms with Crippen LogP contribution in [0.25, 0.3) is 0 Å². The van der Waals surface area contributed by atoms with Gasteiger partial charge in [-0.15, -0.1) is 0 Å². The molecule has 4 nitrogen and oxygen atoms in total. The fraction of sp³-hybridized carbons (Fsp3) is 0.800. The standard InChI is InChI=1S/C10H18N4/c1-2-10(9-3-4-9)12-5-6-14-8-11-7-13-14/h7-10,12H,2-6H2,1H3. The second-order valence-corrected chi connectivity index (χ2v) is 3.96. The first-order chi connectivity index (χ1) is 6.90. The van der Waals surface area contributed by atoms with Crippen LogP contribution in [0.15, 0.2) is 12.7 Å². The first-order valence-corrected chi connectivity index (χ1v) is 5.46. The van der Waals surface area contributed by atoms with E-state index in [9.17, 15) is 0 Å². The van der Waals surface area contributed by atoms with Crippen molar-refractivity contribution in [3.8, 4) is 0 Å². The van der Waals surface area contributed by atoms with Gasteiger partial charge < -0.3 is 5.32 Å². The highest BCUT2D eigenvalue weighted by Crippen LogP contribution is 2.33. The number of hydrogen-bond acceptors (Lipinski definition) is 3. The van der Waals surface area contributed by atoms with Crippen LogP contribution in [-0.4, -0.2) is 27.4 Å². The molecule has 1 unspecified atom stereocenters. The topological polar surface area (TPSA) is 42.7 Å². The predicted molar refractivity (Wildman–Crippen MR) is 54.8 cm³/mol. The molecule has 0 aromatic carbocycles. The van der Waals surface area contributed by atoms with Gasteiger partial charge in [-0.25, -0.2) is 4.98 Å². The first-order valence-electron chi connectivity index (χ1n) is 5.46. The van der Waals surface area contributed by atoms with Gasteiger partial charge in [0.1, 0.15) is 12.7 Å². The van der Waals surface area contributed by atoms with Gasteiger partial charge in [0.25, 0.3) is 0 Å². The van der Waals surface area contributed by atoms with Crippen LogP contribution in [0.5, 0.6) is 0 Å². The van der Waals surface area contributed by atoms with Gasteiger partial charge in [0.2, 0.25) is 0 Å². The molecule has 1 fully saturated rings. The number of nitrogens with one attached hydrogen (secondary N) is 1. The van der Waals surface area contributed by atoms with Crippen LogP contribution in [0.4, 0.5) is 0 Å². The second-order valence-electron chi connectivity index (χ2n) is 3.96. The molecule has 0 spiro atoms. The molecule has 0 radical (unpaired) electrons. The first kappa shape index (κ1) is 9.65. The number of hydrogen-bond donors (Lipinski definition) is 1. The lowest BCUT2D eigenvalue weighted by molar-refractivity contribution is 0.428. The lowest BCUT2D eigenvalue weighted by Gasteiger charge is -2.15. The molecule has 1 aliphatic carbocycles. The summed E-state index contributed by atoms with van der Waals surface area (Å²) in [5.74, 6) is 0.941. The molecule has 0 bridgehead atoms. The third kappa shape index (κ3) is 2.54. The third-order valence-corrected chi connectivity index (χ3v) is 2.84. The van der Waals surface area contributed by atoms with Crippen molar-refractivity contribution in [2.45, 2.75) is 38.8 Å². The molecule has 1 aromatic rings. The summed E-state index contributed by atoms with van der Waals surface area (Å²) >= 11 is 0. The van der Waals surface area contributed by atoms with E-state index in [0.717, 1.165) is 25.0 Å². The third-order valence-electron chi connectivity index (χ3n) is 2.84. The minimum atomic E-state index is 0.721. The van der Waals surface area contributed by atoms with Gasteiger partial charge in [0, 0.05) is 12.6 Å². The monoisotopic (exact) mass is 194 g/mol. The molecule has 0 aliphatic heterocycles. The molecular formula is C10H18N4. The lowest BCUT2D eigenvalue weighted by atomic mass is 10.1. The molecule has 0 saturated heterocycles. The number of rotatable bonds is 6. The van der Waals surface area contributed by atoms with Gasteiger partial charge in [0.15, 0.2) is 0 Å². The van der Waals surface area contributed by atoms with Gasteiger partial charge in [-0.3, -0.25) is 4.68 Å². The van der Waals surface area contributed by atoms with Crippen molar-refractivity contribution in [1.82, 2.24) is 20.1 Å². The van der Waals surface area contributed by atoms with Gasteiger partial charge in [0.05, 0.1) is 6.54 Å². The van der Waals surface area contributed by atoms with E-state index >= 15 is 0 Å². The quantitative estimate of drug-likeness (QED) is 0.736. The molecule has 1 heterocycles. The summed E-state index contributed by atoms with van der Waals surface area (Å²) < 4.78 is 1.87. The Bertz CT molecular complexity index is 253. The van der Waals surface area contributed by atoms with Crippen molar-refractivity contribution in [2.75, 3.05) is 6.54 Å². The SMILES string of the molecule is CCC(NCCn1cncn1)C1CC1. The average Bonchev–Trinajstić information content (AvgIpc) is 2.91. The molecule has 78 valence electrons. The Labute approximate surface area is 84.7 Å². The Morgan fingerprint density at radius 3 is 3.00 bits per heavy atom. The predicted octanol–water partition coefficient (Wildman–Crippen LogP) is 1.06. The summed E-state index contributed by atoms with van der Waals surface area (Å²) in [6.07, 6.45) is 7.41. The summed E-state index contributed by atoms with van der Waals surface area (Å²) in [7, 11) is 0. The van der Waals surface area contributed by atoms with Crippen molar-refractivity contribution in [3.63, 3.8) is 0 Å². The molecule has 0 amide bonds. The van der Waals surface area contributed by atoms with E-state index in [1.807, 2.05) is 4.68 Å². The Hall–Kier alpha value is -0.900. The van der Waals surface area contributed by atoms with E-state index in [2.05, 4.69) is 22.3 Å². The van der Waals surface area contributed by atoms with E-state index in [4.69, 9.17) is 0 Å². The molecule has 1 aromatic heterocycles. The maximum absolute atomic E-state index is 4.06. The van der Waals surface area contributed by atoms with Gasteiger partial charge in [-0.1, -0.05) is 6.92 Å². The molecule has 1 saturated carbocycles. The van der Waals surface area contributed by atoms with E-state index in [1.165, 1.54) is 19.3 Å². The summed E-state index contributed by atoms with van der Waals surface area (Å²) in [5, 5.41) is 7.65. The van der Waals surface area contributed by atoms with Crippen LogP contribution in [0, 0.1) is 5.92 Å². The zero-order valence-corrected chi connectivity index (χ0v) is 8.69. The van der Waals surface area contributed by atoms with E-state index in [-0.39, 0.29) is 0 Å². The average molecular weight is 194 g/mol. The Morgan fingerprint density at radius 1 is 1.57 bits per heavy atom. The molecular weight excluding hydrogens is 176 g/mol. The normalized spacial score (nSPS) is 18.4. The smallest absolute Gasteiger partial charge is 0.137 e. The molecule has 1 atom stereocenters. The van der Waals surface area contributed by atoms with E-state index in [0.29, 0.717) is 0 Å². The van der Waals surface area contributed by atoms with Gasteiger partial charge in [-0.05, 0) is 25.2 Å². The Balaban J connectivity index is 1.66. The fourth-order valence-corrected chi connectivity index (χ4v) is 1.86. The Kier molecular flexibility index (Phi) is 3.14. The van der Waals surface area contributed by atoms with Gasteiger partial charge in [-0.2, -0.15) is 5.10 Å². The van der Waals surface area contributed by atoms with Crippen LogP contribution < -0.4 is 5.32 Å². The largest absolute Gasteiger partial charge is 0.312 e. The van der Waals surface area contributed by atoms with Crippen molar-refractivity contribution in [2.24, 2.45) is 5.92 Å². The van der Waals surface area contributed by atoms with Crippen LogP contribution in [0.3, 0.4) is 0 Å². The van der Waals surface area contributed by atoms with Crippen molar-refractivity contribution in [3.05, 3.63) is 12.7 Å². The highest BCUT2D eigenvalue weighted by atomic mass is 15.3. The highest BCUT2D eigenvalue weighted by molar-refractivity contribution is 4.85. The zero-order valence-electron chi connectivity index (χ0n) is 8.69. The number of aromatic nitrogens is 3. The van der Waals surface area contributed by atoms with Crippen LogP contribution in [-0.2, 0) is 6.54 Å². The maximum Gasteiger partial charge on any atom is 0.137 e. The van der Waals surface area contributed by atoms with Gasteiger partial charge >= 0.3 is 0 Å². The van der Waals surface area contributed by atoms with E-state index in [1.54, 1.807) is 12.7 Å². The molecule has 1 N–H and O–H groups in total. The molecule has 2 rings (SSSR count). The maximum atomic E-state index is 4.06. The lowest BCUT2D eigenvalue weighted by Crippen LogP contribution is -2.33. The fourth-order valence-electron chi connectivity index (χ4n) is 1.86. The highest BCUT2D eigenvalue weighted by Gasteiger charge is 2.29. The summed E-state index contributed by atoms with van der Waals surface area (Å²) in [6.45, 7) is 4.17. The minimum absolute atomic E-state index is 0.721.